The van der Waals surface area contributed by atoms with Crippen LogP contribution in [0.5, 0.6) is 0 Å². The highest BCUT2D eigenvalue weighted by Gasteiger charge is 2.22. The van der Waals surface area contributed by atoms with Crippen molar-refractivity contribution in [3.63, 3.8) is 0 Å². The first-order chi connectivity index (χ1) is 14.5. The van der Waals surface area contributed by atoms with Gasteiger partial charge < -0.3 is 9.84 Å². The summed E-state index contributed by atoms with van der Waals surface area (Å²) in [5.41, 5.74) is 3.01. The lowest BCUT2D eigenvalue weighted by Gasteiger charge is -2.28. The largest absolute Gasteiger partial charge is 0.462 e. The highest BCUT2D eigenvalue weighted by molar-refractivity contribution is 5.87. The van der Waals surface area contributed by atoms with Crippen molar-refractivity contribution < 1.29 is 14.6 Å². The van der Waals surface area contributed by atoms with Gasteiger partial charge in [0.15, 0.2) is 0 Å². The quantitative estimate of drug-likeness (QED) is 0.398. The molecule has 0 spiro atoms. The van der Waals surface area contributed by atoms with E-state index in [9.17, 15) is 9.90 Å². The van der Waals surface area contributed by atoms with E-state index in [0.717, 1.165) is 11.5 Å². The Bertz CT molecular complexity index is 862. The van der Waals surface area contributed by atoms with E-state index in [-0.39, 0.29) is 19.1 Å². The van der Waals surface area contributed by atoms with Crippen LogP contribution in [0.2, 0.25) is 0 Å². The summed E-state index contributed by atoms with van der Waals surface area (Å²) in [5.74, 6) is 1.12. The predicted octanol–water partition coefficient (Wildman–Crippen LogP) is 6.18. The predicted molar refractivity (Wildman–Crippen MR) is 124 cm³/mol. The highest BCUT2D eigenvalue weighted by atomic mass is 16.5. The molecule has 162 valence electrons. The third kappa shape index (κ3) is 5.95. The highest BCUT2D eigenvalue weighted by Crippen LogP contribution is 2.38. The molecule has 1 atom stereocenters. The Morgan fingerprint density at radius 2 is 1.83 bits per heavy atom. The maximum absolute atomic E-state index is 11.6. The molecule has 2 aromatic carbocycles. The van der Waals surface area contributed by atoms with Gasteiger partial charge in [-0.2, -0.15) is 0 Å². The third-order valence-corrected chi connectivity index (χ3v) is 6.52. The first-order valence-electron chi connectivity index (χ1n) is 11.5. The van der Waals surface area contributed by atoms with E-state index in [1.165, 1.54) is 54.9 Å². The van der Waals surface area contributed by atoms with Gasteiger partial charge >= 0.3 is 5.97 Å². The van der Waals surface area contributed by atoms with E-state index in [1.807, 2.05) is 0 Å². The van der Waals surface area contributed by atoms with Crippen LogP contribution < -0.4 is 0 Å². The zero-order valence-corrected chi connectivity index (χ0v) is 18.5. The number of ether oxygens (including phenoxy) is 1. The Balaban J connectivity index is 1.63. The normalized spacial score (nSPS) is 20.1. The van der Waals surface area contributed by atoms with Gasteiger partial charge in [0.1, 0.15) is 0 Å². The van der Waals surface area contributed by atoms with Crippen LogP contribution in [0.25, 0.3) is 10.8 Å². The fourth-order valence-corrected chi connectivity index (χ4v) is 4.71. The smallest absolute Gasteiger partial charge is 0.333 e. The van der Waals surface area contributed by atoms with Gasteiger partial charge in [-0.25, -0.2) is 4.79 Å². The van der Waals surface area contributed by atoms with Crippen LogP contribution in [0.15, 0.2) is 48.6 Å². The molecule has 1 aliphatic carbocycles. The fourth-order valence-electron chi connectivity index (χ4n) is 4.71. The van der Waals surface area contributed by atoms with Crippen molar-refractivity contribution in [2.45, 2.75) is 64.7 Å². The summed E-state index contributed by atoms with van der Waals surface area (Å²) in [7, 11) is 0. The van der Waals surface area contributed by atoms with Crippen LogP contribution in [0.4, 0.5) is 0 Å². The van der Waals surface area contributed by atoms with E-state index in [2.05, 4.69) is 49.9 Å². The Morgan fingerprint density at radius 3 is 2.50 bits per heavy atom. The van der Waals surface area contributed by atoms with Crippen LogP contribution in [-0.4, -0.2) is 24.3 Å². The van der Waals surface area contributed by atoms with Crippen LogP contribution in [-0.2, 0) is 16.0 Å². The lowest BCUT2D eigenvalue weighted by atomic mass is 9.77. The van der Waals surface area contributed by atoms with Gasteiger partial charge in [-0.05, 0) is 72.8 Å². The summed E-state index contributed by atoms with van der Waals surface area (Å²) in [5, 5.41) is 12.2. The van der Waals surface area contributed by atoms with Gasteiger partial charge in [0.25, 0.3) is 0 Å². The SMILES string of the molecule is C=C(C)C(=O)OCC(CO)Cc1ccc2cc(C3CCC(CCC)CC3)ccc2c1. The molecule has 1 fully saturated rings. The summed E-state index contributed by atoms with van der Waals surface area (Å²) in [6, 6.07) is 13.4. The summed E-state index contributed by atoms with van der Waals surface area (Å²) in [6.45, 7) is 7.71. The summed E-state index contributed by atoms with van der Waals surface area (Å²) in [4.78, 5) is 11.6. The van der Waals surface area contributed by atoms with Crippen molar-refractivity contribution in [2.75, 3.05) is 13.2 Å². The molecular formula is C27H36O3. The molecule has 1 saturated carbocycles. The molecule has 2 aromatic rings. The number of carbonyl (C=O) groups excluding carboxylic acids is 1. The Hall–Kier alpha value is -2.13. The van der Waals surface area contributed by atoms with Crippen LogP contribution in [0.3, 0.4) is 0 Å². The number of esters is 1. The first-order valence-corrected chi connectivity index (χ1v) is 11.5. The molecule has 3 rings (SSSR count). The van der Waals surface area contributed by atoms with Gasteiger partial charge in [-0.1, -0.05) is 62.7 Å². The fraction of sp³-hybridized carbons (Fsp3) is 0.519. The van der Waals surface area contributed by atoms with Gasteiger partial charge in [-0.3, -0.25) is 0 Å². The average Bonchev–Trinajstić information content (AvgIpc) is 2.76. The van der Waals surface area contributed by atoms with Crippen LogP contribution in [0, 0.1) is 11.8 Å². The molecule has 1 N–H and O–H groups in total. The molecule has 30 heavy (non-hydrogen) atoms. The summed E-state index contributed by atoms with van der Waals surface area (Å²) < 4.78 is 5.22. The minimum atomic E-state index is -0.400. The van der Waals surface area contributed by atoms with Crippen molar-refractivity contribution in [3.05, 3.63) is 59.7 Å². The molecule has 3 heteroatoms. The lowest BCUT2D eigenvalue weighted by molar-refractivity contribution is -0.140. The molecule has 0 bridgehead atoms. The second-order valence-electron chi connectivity index (χ2n) is 9.08. The molecular weight excluding hydrogens is 372 g/mol. The van der Waals surface area contributed by atoms with Gasteiger partial charge in [0.05, 0.1) is 6.61 Å². The molecule has 0 aromatic heterocycles. The van der Waals surface area contributed by atoms with Crippen molar-refractivity contribution in [2.24, 2.45) is 11.8 Å². The number of fused-ring (bicyclic) bond motifs is 1. The molecule has 0 radical (unpaired) electrons. The van der Waals surface area contributed by atoms with E-state index < -0.39 is 5.97 Å². The van der Waals surface area contributed by atoms with Crippen molar-refractivity contribution in [1.29, 1.82) is 0 Å². The summed E-state index contributed by atoms with van der Waals surface area (Å²) in [6.07, 6.45) is 8.74. The van der Waals surface area contributed by atoms with E-state index in [0.29, 0.717) is 17.9 Å². The minimum absolute atomic E-state index is 0.0127. The number of hydrogen-bond donors (Lipinski definition) is 1. The van der Waals surface area contributed by atoms with Crippen LogP contribution >= 0.6 is 0 Å². The zero-order valence-electron chi connectivity index (χ0n) is 18.5. The van der Waals surface area contributed by atoms with Gasteiger partial charge in [0.2, 0.25) is 0 Å². The molecule has 0 saturated heterocycles. The number of benzene rings is 2. The molecule has 3 nitrogen and oxygen atoms in total. The average molecular weight is 409 g/mol. The van der Waals surface area contributed by atoms with E-state index in [4.69, 9.17) is 4.74 Å². The standard InChI is InChI=1S/C27H36O3/c1-4-5-20-6-9-23(10-7-20)25-13-12-24-15-21(8-11-26(24)16-25)14-22(17-28)18-30-27(29)19(2)3/h8,11-13,15-16,20,22-23,28H,2,4-7,9-10,14,17-18H2,1,3H3. The molecule has 1 unspecified atom stereocenters. The third-order valence-electron chi connectivity index (χ3n) is 6.52. The number of carbonyl (C=O) groups is 1. The van der Waals surface area contributed by atoms with E-state index in [1.54, 1.807) is 6.92 Å². The number of hydrogen-bond acceptors (Lipinski definition) is 3. The Morgan fingerprint density at radius 1 is 1.13 bits per heavy atom. The lowest BCUT2D eigenvalue weighted by Crippen LogP contribution is -2.19. The van der Waals surface area contributed by atoms with Gasteiger partial charge in [-0.15, -0.1) is 0 Å². The Kier molecular flexibility index (Phi) is 8.09. The number of aliphatic hydroxyl groups excluding tert-OH is 1. The zero-order chi connectivity index (χ0) is 21.5. The van der Waals surface area contributed by atoms with E-state index >= 15 is 0 Å². The molecule has 0 heterocycles. The van der Waals surface area contributed by atoms with Crippen molar-refractivity contribution in [3.8, 4) is 0 Å². The molecule has 0 aliphatic heterocycles. The maximum atomic E-state index is 11.6. The molecule has 1 aliphatic rings. The second-order valence-corrected chi connectivity index (χ2v) is 9.08. The van der Waals surface area contributed by atoms with Crippen molar-refractivity contribution >= 4 is 16.7 Å². The number of rotatable bonds is 9. The topological polar surface area (TPSA) is 46.5 Å². The van der Waals surface area contributed by atoms with Crippen molar-refractivity contribution in [1.82, 2.24) is 0 Å². The number of aliphatic hydroxyl groups is 1. The Labute approximate surface area is 181 Å². The first kappa shape index (κ1) is 22.6. The molecule has 0 amide bonds. The second kappa shape index (κ2) is 10.8. The maximum Gasteiger partial charge on any atom is 0.333 e. The van der Waals surface area contributed by atoms with Gasteiger partial charge in [0, 0.05) is 18.1 Å². The minimum Gasteiger partial charge on any atom is -0.462 e. The summed E-state index contributed by atoms with van der Waals surface area (Å²) >= 11 is 0. The monoisotopic (exact) mass is 408 g/mol. The van der Waals surface area contributed by atoms with Crippen LogP contribution in [0.1, 0.15) is 69.4 Å².